The molecule has 3 rings (SSSR count). The summed E-state index contributed by atoms with van der Waals surface area (Å²) in [6, 6.07) is 11.5. The van der Waals surface area contributed by atoms with Crippen molar-refractivity contribution < 1.29 is 23.5 Å². The molecule has 25 heavy (non-hydrogen) atoms. The zero-order valence-electron chi connectivity index (χ0n) is 13.8. The number of hydrogen-bond donors (Lipinski definition) is 0. The zero-order valence-corrected chi connectivity index (χ0v) is 13.8. The van der Waals surface area contributed by atoms with Gasteiger partial charge in [0.2, 0.25) is 0 Å². The lowest BCUT2D eigenvalue weighted by molar-refractivity contribution is -0.136. The van der Waals surface area contributed by atoms with Gasteiger partial charge in [0.05, 0.1) is 18.4 Å². The second kappa shape index (κ2) is 7.17. The number of nitrogens with zero attached hydrogens (tertiary/aromatic N) is 1. The first-order valence-corrected chi connectivity index (χ1v) is 7.60. The second-order valence-electron chi connectivity index (χ2n) is 5.44. The van der Waals surface area contributed by atoms with Crippen molar-refractivity contribution in [2.75, 3.05) is 7.11 Å². The molecule has 0 saturated carbocycles. The number of hydrogen-bond acceptors (Lipinski definition) is 5. The highest BCUT2D eigenvalue weighted by atomic mass is 19.1. The molecule has 0 amide bonds. The third kappa shape index (κ3) is 3.85. The average Bonchev–Trinajstić information content (AvgIpc) is 2.92. The predicted octanol–water partition coefficient (Wildman–Crippen LogP) is 3.73. The summed E-state index contributed by atoms with van der Waals surface area (Å²) in [7, 11) is 1.53. The maximum Gasteiger partial charge on any atom is 0.367 e. The first-order chi connectivity index (χ1) is 12.1. The molecule has 0 bridgehead atoms. The van der Waals surface area contributed by atoms with E-state index in [-0.39, 0.29) is 12.4 Å². The van der Waals surface area contributed by atoms with Crippen LogP contribution in [0.3, 0.4) is 0 Å². The molecule has 0 aliphatic carbocycles. The minimum absolute atomic E-state index is 0.215. The smallest absolute Gasteiger partial charge is 0.367 e. The normalized spacial score (nSPS) is 15.1. The molecule has 2 aromatic carbocycles. The van der Waals surface area contributed by atoms with Crippen LogP contribution in [0.15, 0.2) is 53.2 Å². The molecule has 128 valence electrons. The summed E-state index contributed by atoms with van der Waals surface area (Å²) >= 11 is 0. The van der Waals surface area contributed by atoms with Gasteiger partial charge in [0.25, 0.3) is 0 Å². The number of ether oxygens (including phenoxy) is 2. The topological polar surface area (TPSA) is 57.1 Å². The fraction of sp³-hybridized carbons (Fsp3) is 0.158. The number of carbonyl (C=O) groups is 1. The van der Waals surface area contributed by atoms with Gasteiger partial charge >= 0.3 is 5.97 Å². The minimum Gasteiger partial charge on any atom is -0.493 e. The van der Waals surface area contributed by atoms with E-state index in [0.29, 0.717) is 28.3 Å². The fourth-order valence-electron chi connectivity index (χ4n) is 2.37. The van der Waals surface area contributed by atoms with Gasteiger partial charge < -0.3 is 14.3 Å². The fourth-order valence-corrected chi connectivity index (χ4v) is 2.37. The Labute approximate surface area is 144 Å². The summed E-state index contributed by atoms with van der Waals surface area (Å²) in [6.07, 6.45) is 1.67. The number of oxime groups is 1. The summed E-state index contributed by atoms with van der Waals surface area (Å²) in [5.74, 6) is 0.235. The van der Waals surface area contributed by atoms with Crippen LogP contribution in [0.25, 0.3) is 6.08 Å². The molecule has 1 aliphatic heterocycles. The third-order valence-corrected chi connectivity index (χ3v) is 3.66. The second-order valence-corrected chi connectivity index (χ2v) is 5.44. The molecule has 5 nitrogen and oxygen atoms in total. The highest BCUT2D eigenvalue weighted by molar-refractivity contribution is 6.24. The highest BCUT2D eigenvalue weighted by Crippen LogP contribution is 2.30. The van der Waals surface area contributed by atoms with Crippen molar-refractivity contribution >= 4 is 17.8 Å². The zero-order chi connectivity index (χ0) is 17.8. The molecule has 0 N–H and O–H groups in total. The Balaban J connectivity index is 1.79. The number of carbonyl (C=O) groups excluding carboxylic acids is 1. The van der Waals surface area contributed by atoms with E-state index >= 15 is 0 Å². The highest BCUT2D eigenvalue weighted by Gasteiger charge is 2.21. The molecule has 1 heterocycles. The summed E-state index contributed by atoms with van der Waals surface area (Å²) in [5.41, 5.74) is 2.39. The van der Waals surface area contributed by atoms with Crippen LogP contribution < -0.4 is 9.47 Å². The average molecular weight is 341 g/mol. The van der Waals surface area contributed by atoms with Crippen LogP contribution >= 0.6 is 0 Å². The minimum atomic E-state index is -0.483. The van der Waals surface area contributed by atoms with Crippen molar-refractivity contribution in [3.63, 3.8) is 0 Å². The van der Waals surface area contributed by atoms with Gasteiger partial charge in [0.1, 0.15) is 12.4 Å². The first kappa shape index (κ1) is 16.7. The molecule has 0 fully saturated rings. The molecule has 0 radical (unpaired) electrons. The van der Waals surface area contributed by atoms with Crippen LogP contribution in [0.1, 0.15) is 18.1 Å². The molecule has 0 aromatic heterocycles. The predicted molar refractivity (Wildman–Crippen MR) is 90.9 cm³/mol. The summed E-state index contributed by atoms with van der Waals surface area (Å²) in [5, 5.41) is 3.64. The molecule has 0 spiro atoms. The Morgan fingerprint density at radius 1 is 1.20 bits per heavy atom. The lowest BCUT2D eigenvalue weighted by atomic mass is 10.1. The van der Waals surface area contributed by atoms with E-state index in [1.165, 1.54) is 19.2 Å². The number of methoxy groups -OCH3 is 1. The van der Waals surface area contributed by atoms with Crippen LogP contribution in [0.5, 0.6) is 11.5 Å². The van der Waals surface area contributed by atoms with Crippen LogP contribution in [-0.2, 0) is 16.2 Å². The SMILES string of the molecule is COc1cc(C=C2C(=O)ON=C2C)ccc1OCc1cccc(F)c1. The number of rotatable bonds is 5. The molecular weight excluding hydrogens is 325 g/mol. The Hall–Kier alpha value is -3.15. The van der Waals surface area contributed by atoms with Crippen molar-refractivity contribution in [1.29, 1.82) is 0 Å². The van der Waals surface area contributed by atoms with E-state index in [1.807, 2.05) is 0 Å². The first-order valence-electron chi connectivity index (χ1n) is 7.60. The third-order valence-electron chi connectivity index (χ3n) is 3.66. The van der Waals surface area contributed by atoms with E-state index in [2.05, 4.69) is 9.99 Å². The van der Waals surface area contributed by atoms with Crippen LogP contribution in [0, 0.1) is 5.82 Å². The van der Waals surface area contributed by atoms with Crippen molar-refractivity contribution in [2.24, 2.45) is 5.16 Å². The van der Waals surface area contributed by atoms with Crippen molar-refractivity contribution in [3.8, 4) is 11.5 Å². The van der Waals surface area contributed by atoms with Crippen LogP contribution in [-0.4, -0.2) is 18.8 Å². The Morgan fingerprint density at radius 3 is 2.72 bits per heavy atom. The van der Waals surface area contributed by atoms with Gasteiger partial charge in [-0.05, 0) is 48.4 Å². The van der Waals surface area contributed by atoms with Gasteiger partial charge in [-0.1, -0.05) is 23.4 Å². The molecule has 0 saturated heterocycles. The quantitative estimate of drug-likeness (QED) is 0.614. The van der Waals surface area contributed by atoms with Gasteiger partial charge in [-0.25, -0.2) is 9.18 Å². The van der Waals surface area contributed by atoms with Crippen molar-refractivity contribution in [2.45, 2.75) is 13.5 Å². The standard InChI is InChI=1S/C19H16FNO4/c1-12-16(19(22)25-21-12)9-13-6-7-17(18(10-13)23-2)24-11-14-4-3-5-15(20)8-14/h3-10H,11H2,1-2H3. The Morgan fingerprint density at radius 2 is 2.04 bits per heavy atom. The van der Waals surface area contributed by atoms with E-state index in [9.17, 15) is 9.18 Å². The van der Waals surface area contributed by atoms with Gasteiger partial charge in [-0.3, -0.25) is 0 Å². The van der Waals surface area contributed by atoms with Crippen molar-refractivity contribution in [3.05, 3.63) is 65.0 Å². The number of benzene rings is 2. The summed E-state index contributed by atoms with van der Waals surface area (Å²) in [4.78, 5) is 16.2. The molecule has 0 atom stereocenters. The van der Waals surface area contributed by atoms with Gasteiger partial charge in [-0.2, -0.15) is 0 Å². The van der Waals surface area contributed by atoms with E-state index in [1.54, 1.807) is 43.3 Å². The molecule has 1 aliphatic rings. The lowest BCUT2D eigenvalue weighted by Crippen LogP contribution is -2.02. The maximum atomic E-state index is 13.2. The molecular formula is C19H16FNO4. The molecule has 6 heteroatoms. The van der Waals surface area contributed by atoms with Gasteiger partial charge in [0.15, 0.2) is 11.5 Å². The van der Waals surface area contributed by atoms with Crippen molar-refractivity contribution in [1.82, 2.24) is 0 Å². The Bertz CT molecular complexity index is 873. The van der Waals surface area contributed by atoms with E-state index in [4.69, 9.17) is 9.47 Å². The molecule has 2 aromatic rings. The molecule has 0 unspecified atom stereocenters. The van der Waals surface area contributed by atoms with Gasteiger partial charge in [0, 0.05) is 0 Å². The lowest BCUT2D eigenvalue weighted by Gasteiger charge is -2.11. The van der Waals surface area contributed by atoms with Crippen LogP contribution in [0.4, 0.5) is 4.39 Å². The van der Waals surface area contributed by atoms with E-state index < -0.39 is 5.97 Å². The summed E-state index contributed by atoms with van der Waals surface area (Å²) in [6.45, 7) is 1.91. The van der Waals surface area contributed by atoms with Gasteiger partial charge in [-0.15, -0.1) is 0 Å². The van der Waals surface area contributed by atoms with E-state index in [0.717, 1.165) is 5.56 Å². The largest absolute Gasteiger partial charge is 0.493 e. The number of halogens is 1. The maximum absolute atomic E-state index is 13.2. The monoisotopic (exact) mass is 341 g/mol. The Kier molecular flexibility index (Phi) is 4.79. The van der Waals surface area contributed by atoms with Crippen LogP contribution in [0.2, 0.25) is 0 Å². The summed E-state index contributed by atoms with van der Waals surface area (Å²) < 4.78 is 24.3.